The number of aryl methyl sites for hydroxylation is 2. The number of carbonyl (C=O) groups excluding carboxylic acids is 1. The topological polar surface area (TPSA) is 72.8 Å². The monoisotopic (exact) mass is 427 g/mol. The molecule has 0 saturated carbocycles. The lowest BCUT2D eigenvalue weighted by Gasteiger charge is -2.26. The molecule has 1 amide bonds. The van der Waals surface area contributed by atoms with Gasteiger partial charge in [0.05, 0.1) is 25.5 Å². The summed E-state index contributed by atoms with van der Waals surface area (Å²) in [6.45, 7) is 7.24. The Morgan fingerprint density at radius 1 is 1.16 bits per heavy atom. The van der Waals surface area contributed by atoms with Gasteiger partial charge in [0.15, 0.2) is 5.43 Å². The molecule has 0 aliphatic carbocycles. The highest BCUT2D eigenvalue weighted by Crippen LogP contribution is 2.13. The van der Waals surface area contributed by atoms with Crippen LogP contribution in [0.15, 0.2) is 41.2 Å². The minimum atomic E-state index is -0.331. The number of aromatic nitrogens is 1. The molecule has 1 aromatic heterocycles. The summed E-state index contributed by atoms with van der Waals surface area (Å²) in [7, 11) is 1.58. The van der Waals surface area contributed by atoms with Crippen LogP contribution >= 0.6 is 0 Å². The van der Waals surface area contributed by atoms with E-state index in [1.54, 1.807) is 13.2 Å². The molecule has 0 bridgehead atoms. The Morgan fingerprint density at radius 3 is 2.61 bits per heavy atom. The predicted molar refractivity (Wildman–Crippen MR) is 121 cm³/mol. The van der Waals surface area contributed by atoms with Crippen molar-refractivity contribution >= 4 is 5.91 Å². The zero-order chi connectivity index (χ0) is 22.1. The largest absolute Gasteiger partial charge is 0.379 e. The van der Waals surface area contributed by atoms with Crippen LogP contribution in [0, 0.1) is 6.92 Å². The maximum Gasteiger partial charge on any atom is 0.257 e. The van der Waals surface area contributed by atoms with Gasteiger partial charge >= 0.3 is 0 Å². The first-order valence-corrected chi connectivity index (χ1v) is 10.9. The van der Waals surface area contributed by atoms with Gasteiger partial charge in [-0.1, -0.05) is 30.3 Å². The Hall–Kier alpha value is -2.48. The molecule has 1 fully saturated rings. The standard InChI is InChI=1S/C24H33N3O4/c1-19-17-22(28)23(24(29)25-10-12-26-13-15-31-16-14-26)21(18-30-2)27(19)11-6-9-20-7-4-3-5-8-20/h3-5,7-8,17H,6,9-16,18H2,1-2H3,(H,25,29). The summed E-state index contributed by atoms with van der Waals surface area (Å²) < 4.78 is 12.8. The third-order valence-corrected chi connectivity index (χ3v) is 5.64. The van der Waals surface area contributed by atoms with Crippen LogP contribution in [0.25, 0.3) is 0 Å². The van der Waals surface area contributed by atoms with E-state index in [4.69, 9.17) is 9.47 Å². The molecule has 1 aliphatic heterocycles. The molecular formula is C24H33N3O4. The van der Waals surface area contributed by atoms with Crippen molar-refractivity contribution in [3.8, 4) is 0 Å². The molecule has 0 atom stereocenters. The summed E-state index contributed by atoms with van der Waals surface area (Å²) in [5, 5.41) is 2.92. The molecular weight excluding hydrogens is 394 g/mol. The number of hydrogen-bond acceptors (Lipinski definition) is 5. The van der Waals surface area contributed by atoms with Crippen molar-refractivity contribution < 1.29 is 14.3 Å². The zero-order valence-corrected chi connectivity index (χ0v) is 18.6. The summed E-state index contributed by atoms with van der Waals surface area (Å²) in [6.07, 6.45) is 1.84. The molecule has 0 unspecified atom stereocenters. The van der Waals surface area contributed by atoms with E-state index in [0.29, 0.717) is 18.8 Å². The van der Waals surface area contributed by atoms with E-state index >= 15 is 0 Å². The first-order chi connectivity index (χ1) is 15.1. The second-order valence-electron chi connectivity index (χ2n) is 7.86. The van der Waals surface area contributed by atoms with Crippen LogP contribution in [0.4, 0.5) is 0 Å². The third kappa shape index (κ3) is 6.50. The number of nitrogens with one attached hydrogen (secondary N) is 1. The molecule has 0 spiro atoms. The van der Waals surface area contributed by atoms with Crippen LogP contribution in [0.1, 0.15) is 33.7 Å². The van der Waals surface area contributed by atoms with E-state index in [9.17, 15) is 9.59 Å². The van der Waals surface area contributed by atoms with Gasteiger partial charge in [-0.3, -0.25) is 14.5 Å². The highest BCUT2D eigenvalue weighted by molar-refractivity contribution is 5.95. The van der Waals surface area contributed by atoms with Crippen molar-refractivity contribution in [3.05, 3.63) is 69.1 Å². The normalized spacial score (nSPS) is 14.5. The predicted octanol–water partition coefficient (Wildman–Crippen LogP) is 2.00. The summed E-state index contributed by atoms with van der Waals surface area (Å²) in [6, 6.07) is 11.9. The van der Waals surface area contributed by atoms with Gasteiger partial charge in [-0.05, 0) is 25.3 Å². The van der Waals surface area contributed by atoms with Crippen LogP contribution in [-0.2, 0) is 29.0 Å². The number of pyridine rings is 1. The average molecular weight is 428 g/mol. The van der Waals surface area contributed by atoms with Crippen LogP contribution in [0.2, 0.25) is 0 Å². The zero-order valence-electron chi connectivity index (χ0n) is 18.6. The molecule has 168 valence electrons. The van der Waals surface area contributed by atoms with Crippen LogP contribution < -0.4 is 10.7 Å². The Balaban J connectivity index is 1.71. The van der Waals surface area contributed by atoms with E-state index in [0.717, 1.165) is 51.4 Å². The van der Waals surface area contributed by atoms with Gasteiger partial charge in [0.2, 0.25) is 0 Å². The average Bonchev–Trinajstić information content (AvgIpc) is 2.77. The van der Waals surface area contributed by atoms with Gasteiger partial charge in [-0.25, -0.2) is 0 Å². The van der Waals surface area contributed by atoms with Crippen LogP contribution in [0.5, 0.6) is 0 Å². The molecule has 1 saturated heterocycles. The molecule has 7 nitrogen and oxygen atoms in total. The van der Waals surface area contributed by atoms with Gasteiger partial charge in [0.1, 0.15) is 5.56 Å². The number of rotatable bonds is 10. The molecule has 1 aromatic carbocycles. The number of benzene rings is 1. The summed E-state index contributed by atoms with van der Waals surface area (Å²) in [4.78, 5) is 27.9. The number of carbonyl (C=O) groups is 1. The fraction of sp³-hybridized carbons (Fsp3) is 0.500. The van der Waals surface area contributed by atoms with Crippen molar-refractivity contribution in [1.29, 1.82) is 0 Å². The van der Waals surface area contributed by atoms with Gasteiger partial charge in [0.25, 0.3) is 5.91 Å². The van der Waals surface area contributed by atoms with Crippen molar-refractivity contribution in [2.24, 2.45) is 0 Å². The van der Waals surface area contributed by atoms with E-state index in [1.165, 1.54) is 5.56 Å². The SMILES string of the molecule is COCc1c(C(=O)NCCN2CCOCC2)c(=O)cc(C)n1CCCc1ccccc1. The lowest BCUT2D eigenvalue weighted by atomic mass is 10.1. The molecule has 2 heterocycles. The number of amides is 1. The van der Waals surface area contributed by atoms with Crippen molar-refractivity contribution in [3.63, 3.8) is 0 Å². The Kier molecular flexibility index (Phi) is 8.82. The number of ether oxygens (including phenoxy) is 2. The fourth-order valence-corrected chi connectivity index (χ4v) is 4.00. The van der Waals surface area contributed by atoms with Crippen molar-refractivity contribution in [1.82, 2.24) is 14.8 Å². The number of hydrogen-bond donors (Lipinski definition) is 1. The Labute approximate surface area is 184 Å². The number of nitrogens with zero attached hydrogens (tertiary/aromatic N) is 2. The van der Waals surface area contributed by atoms with Gasteiger partial charge in [0, 0.05) is 51.6 Å². The number of methoxy groups -OCH3 is 1. The second kappa shape index (κ2) is 11.8. The van der Waals surface area contributed by atoms with Crippen LogP contribution in [-0.4, -0.2) is 61.9 Å². The molecule has 1 aliphatic rings. The van der Waals surface area contributed by atoms with E-state index in [1.807, 2.05) is 29.7 Å². The maximum absolute atomic E-state index is 12.9. The highest BCUT2D eigenvalue weighted by atomic mass is 16.5. The Morgan fingerprint density at radius 2 is 1.90 bits per heavy atom. The second-order valence-corrected chi connectivity index (χ2v) is 7.86. The summed E-state index contributed by atoms with van der Waals surface area (Å²) >= 11 is 0. The smallest absolute Gasteiger partial charge is 0.257 e. The lowest BCUT2D eigenvalue weighted by molar-refractivity contribution is 0.0383. The fourth-order valence-electron chi connectivity index (χ4n) is 4.00. The van der Waals surface area contributed by atoms with E-state index < -0.39 is 0 Å². The van der Waals surface area contributed by atoms with E-state index in [2.05, 4.69) is 22.3 Å². The van der Waals surface area contributed by atoms with Gasteiger partial charge in [-0.15, -0.1) is 0 Å². The van der Waals surface area contributed by atoms with Crippen molar-refractivity contribution in [2.45, 2.75) is 32.9 Å². The van der Waals surface area contributed by atoms with E-state index in [-0.39, 0.29) is 23.5 Å². The first-order valence-electron chi connectivity index (χ1n) is 10.9. The molecule has 7 heteroatoms. The molecule has 0 radical (unpaired) electrons. The molecule has 1 N–H and O–H groups in total. The lowest BCUT2D eigenvalue weighted by Crippen LogP contribution is -2.42. The minimum absolute atomic E-state index is 0.189. The van der Waals surface area contributed by atoms with Gasteiger partial charge in [-0.2, -0.15) is 0 Å². The minimum Gasteiger partial charge on any atom is -0.379 e. The maximum atomic E-state index is 12.9. The molecule has 31 heavy (non-hydrogen) atoms. The quantitative estimate of drug-likeness (QED) is 0.628. The Bertz CT molecular complexity index is 905. The third-order valence-electron chi connectivity index (χ3n) is 5.64. The summed E-state index contributed by atoms with van der Waals surface area (Å²) in [5.41, 5.74) is 2.69. The first kappa shape index (κ1) is 23.2. The van der Waals surface area contributed by atoms with Crippen LogP contribution in [0.3, 0.4) is 0 Å². The molecule has 2 aromatic rings. The highest BCUT2D eigenvalue weighted by Gasteiger charge is 2.20. The molecule has 3 rings (SSSR count). The number of morpholine rings is 1. The summed E-state index contributed by atoms with van der Waals surface area (Å²) in [5.74, 6) is -0.331. The van der Waals surface area contributed by atoms with Gasteiger partial charge < -0.3 is 19.4 Å². The van der Waals surface area contributed by atoms with Crippen molar-refractivity contribution in [2.75, 3.05) is 46.5 Å².